The Morgan fingerprint density at radius 1 is 1.19 bits per heavy atom. The summed E-state index contributed by atoms with van der Waals surface area (Å²) in [6.07, 6.45) is 1.04. The van der Waals surface area contributed by atoms with Crippen LogP contribution >= 0.6 is 15.9 Å². The molecule has 1 saturated carbocycles. The van der Waals surface area contributed by atoms with Crippen molar-refractivity contribution in [3.8, 4) is 0 Å². The van der Waals surface area contributed by atoms with Gasteiger partial charge in [-0.25, -0.2) is 8.42 Å². The lowest BCUT2D eigenvalue weighted by Crippen LogP contribution is -2.19. The first-order valence-electron chi connectivity index (χ1n) is 5.17. The van der Waals surface area contributed by atoms with E-state index in [1.165, 1.54) is 0 Å². The Bertz CT molecular complexity index is 467. The lowest BCUT2D eigenvalue weighted by Gasteiger charge is -2.11. The monoisotopic (exact) mass is 304 g/mol. The van der Waals surface area contributed by atoms with Crippen molar-refractivity contribution >= 4 is 25.8 Å². The van der Waals surface area contributed by atoms with E-state index >= 15 is 0 Å². The summed E-state index contributed by atoms with van der Waals surface area (Å²) in [4.78, 5) is 0.342. The molecular weight excluding hydrogens is 292 g/mol. The quantitative estimate of drug-likeness (QED) is 0.911. The SMILES string of the molecule is O=S(=O)(c1ccc(Br)cc1)C1CCC(O)C1. The molecule has 0 spiro atoms. The van der Waals surface area contributed by atoms with Crippen molar-refractivity contribution < 1.29 is 13.5 Å². The summed E-state index contributed by atoms with van der Waals surface area (Å²) in [5.74, 6) is 0. The van der Waals surface area contributed by atoms with Crippen molar-refractivity contribution in [3.05, 3.63) is 28.7 Å². The average Bonchev–Trinajstić information content (AvgIpc) is 2.66. The van der Waals surface area contributed by atoms with Crippen LogP contribution < -0.4 is 0 Å². The van der Waals surface area contributed by atoms with Gasteiger partial charge in [0.05, 0.1) is 16.2 Å². The van der Waals surface area contributed by atoms with Crippen LogP contribution in [0.1, 0.15) is 19.3 Å². The van der Waals surface area contributed by atoms with Crippen molar-refractivity contribution in [2.75, 3.05) is 0 Å². The zero-order valence-electron chi connectivity index (χ0n) is 8.64. The van der Waals surface area contributed by atoms with Gasteiger partial charge in [0, 0.05) is 4.47 Å². The average molecular weight is 305 g/mol. The number of hydrogen-bond acceptors (Lipinski definition) is 3. The second-order valence-electron chi connectivity index (χ2n) is 4.09. The summed E-state index contributed by atoms with van der Waals surface area (Å²) in [6, 6.07) is 6.64. The lowest BCUT2D eigenvalue weighted by molar-refractivity contribution is 0.183. The van der Waals surface area contributed by atoms with Crippen molar-refractivity contribution in [1.29, 1.82) is 0 Å². The highest BCUT2D eigenvalue weighted by Gasteiger charge is 2.34. The molecule has 1 aliphatic carbocycles. The van der Waals surface area contributed by atoms with Gasteiger partial charge >= 0.3 is 0 Å². The Balaban J connectivity index is 2.29. The summed E-state index contributed by atoms with van der Waals surface area (Å²) >= 11 is 3.27. The third-order valence-electron chi connectivity index (χ3n) is 2.94. The van der Waals surface area contributed by atoms with Crippen molar-refractivity contribution in [2.45, 2.75) is 35.5 Å². The van der Waals surface area contributed by atoms with Gasteiger partial charge in [-0.3, -0.25) is 0 Å². The van der Waals surface area contributed by atoms with Crippen LogP contribution in [-0.2, 0) is 9.84 Å². The predicted molar refractivity (Wildman–Crippen MR) is 65.0 cm³/mol. The fourth-order valence-corrected chi connectivity index (χ4v) is 4.10. The zero-order chi connectivity index (χ0) is 11.8. The molecule has 2 unspecified atom stereocenters. The molecule has 0 radical (unpaired) electrons. The van der Waals surface area contributed by atoms with Crippen molar-refractivity contribution in [1.82, 2.24) is 0 Å². The first-order chi connectivity index (χ1) is 7.50. The van der Waals surface area contributed by atoms with E-state index in [-0.39, 0.29) is 0 Å². The second kappa shape index (κ2) is 4.47. The minimum atomic E-state index is -3.27. The number of rotatable bonds is 2. The van der Waals surface area contributed by atoms with Gasteiger partial charge in [-0.2, -0.15) is 0 Å². The van der Waals surface area contributed by atoms with Crippen LogP contribution in [0.4, 0.5) is 0 Å². The molecule has 3 nitrogen and oxygen atoms in total. The van der Waals surface area contributed by atoms with E-state index in [4.69, 9.17) is 0 Å². The van der Waals surface area contributed by atoms with Gasteiger partial charge in [0.2, 0.25) is 0 Å². The Hall–Kier alpha value is -0.390. The van der Waals surface area contributed by atoms with Gasteiger partial charge in [-0.1, -0.05) is 15.9 Å². The van der Waals surface area contributed by atoms with Crippen LogP contribution in [0.25, 0.3) is 0 Å². The fraction of sp³-hybridized carbons (Fsp3) is 0.455. The van der Waals surface area contributed by atoms with Crippen molar-refractivity contribution in [2.24, 2.45) is 0 Å². The smallest absolute Gasteiger partial charge is 0.181 e. The number of benzene rings is 1. The standard InChI is InChI=1S/C11H13BrO3S/c12-8-1-4-10(5-2-8)16(14,15)11-6-3-9(13)7-11/h1-2,4-5,9,11,13H,3,6-7H2. The number of sulfone groups is 1. The molecule has 2 atom stereocenters. The topological polar surface area (TPSA) is 54.4 Å². The van der Waals surface area contributed by atoms with Crippen molar-refractivity contribution in [3.63, 3.8) is 0 Å². The molecule has 0 amide bonds. The Morgan fingerprint density at radius 2 is 1.81 bits per heavy atom. The number of hydrogen-bond donors (Lipinski definition) is 1. The van der Waals surface area contributed by atoms with Gasteiger partial charge < -0.3 is 5.11 Å². The maximum atomic E-state index is 12.2. The summed E-state index contributed by atoms with van der Waals surface area (Å²) in [5.41, 5.74) is 0. The summed E-state index contributed by atoms with van der Waals surface area (Å²) in [6.45, 7) is 0. The maximum Gasteiger partial charge on any atom is 0.181 e. The van der Waals surface area contributed by atoms with E-state index < -0.39 is 21.2 Å². The van der Waals surface area contributed by atoms with Crippen LogP contribution in [0.5, 0.6) is 0 Å². The number of aliphatic hydroxyl groups excluding tert-OH is 1. The van der Waals surface area contributed by atoms with E-state index in [9.17, 15) is 13.5 Å². The van der Waals surface area contributed by atoms with Gasteiger partial charge in [-0.15, -0.1) is 0 Å². The van der Waals surface area contributed by atoms with Crippen LogP contribution in [0.15, 0.2) is 33.6 Å². The molecule has 0 heterocycles. The highest BCUT2D eigenvalue weighted by Crippen LogP contribution is 2.30. The Morgan fingerprint density at radius 3 is 2.31 bits per heavy atom. The van der Waals surface area contributed by atoms with E-state index in [2.05, 4.69) is 15.9 Å². The van der Waals surface area contributed by atoms with Crippen LogP contribution in [0, 0.1) is 0 Å². The Labute approximate surface area is 104 Å². The molecule has 2 rings (SSSR count). The summed E-state index contributed by atoms with van der Waals surface area (Å²) < 4.78 is 25.2. The highest BCUT2D eigenvalue weighted by atomic mass is 79.9. The maximum absolute atomic E-state index is 12.2. The van der Waals surface area contributed by atoms with Gasteiger partial charge in [0.1, 0.15) is 0 Å². The largest absolute Gasteiger partial charge is 0.393 e. The molecule has 1 aromatic carbocycles. The summed E-state index contributed by atoms with van der Waals surface area (Å²) in [7, 11) is -3.27. The van der Waals surface area contributed by atoms with Gasteiger partial charge in [-0.05, 0) is 43.5 Å². The zero-order valence-corrected chi connectivity index (χ0v) is 11.0. The molecule has 1 aliphatic rings. The molecule has 1 aromatic rings. The first kappa shape index (κ1) is 12.1. The van der Waals surface area contributed by atoms with Crippen LogP contribution in [0.2, 0.25) is 0 Å². The molecule has 0 aromatic heterocycles. The second-order valence-corrected chi connectivity index (χ2v) is 7.23. The molecule has 16 heavy (non-hydrogen) atoms. The minimum absolute atomic E-state index is 0.342. The van der Waals surface area contributed by atoms with E-state index in [0.29, 0.717) is 24.2 Å². The van der Waals surface area contributed by atoms with Crippen LogP contribution in [-0.4, -0.2) is 24.9 Å². The van der Waals surface area contributed by atoms with Crippen LogP contribution in [0.3, 0.4) is 0 Å². The Kier molecular flexibility index (Phi) is 3.37. The normalized spacial score (nSPS) is 25.9. The predicted octanol–water partition coefficient (Wildman–Crippen LogP) is 2.14. The summed E-state index contributed by atoms with van der Waals surface area (Å²) in [5, 5.41) is 8.95. The highest BCUT2D eigenvalue weighted by molar-refractivity contribution is 9.10. The first-order valence-corrected chi connectivity index (χ1v) is 7.51. The number of aliphatic hydroxyl groups is 1. The molecule has 0 bridgehead atoms. The minimum Gasteiger partial charge on any atom is -0.393 e. The molecule has 88 valence electrons. The van der Waals surface area contributed by atoms with Gasteiger partial charge in [0.25, 0.3) is 0 Å². The van der Waals surface area contributed by atoms with E-state index in [1.54, 1.807) is 24.3 Å². The molecule has 0 saturated heterocycles. The molecule has 1 N–H and O–H groups in total. The molecule has 0 aliphatic heterocycles. The van der Waals surface area contributed by atoms with E-state index in [0.717, 1.165) is 4.47 Å². The fourth-order valence-electron chi connectivity index (χ4n) is 2.02. The third kappa shape index (κ3) is 2.31. The third-order valence-corrected chi connectivity index (χ3v) is 5.70. The lowest BCUT2D eigenvalue weighted by atomic mass is 10.3. The van der Waals surface area contributed by atoms with E-state index in [1.807, 2.05) is 0 Å². The molecular formula is C11H13BrO3S. The van der Waals surface area contributed by atoms with Gasteiger partial charge in [0.15, 0.2) is 9.84 Å². The number of halogens is 1. The molecule has 5 heteroatoms. The molecule has 1 fully saturated rings.